The molecule has 88 valence electrons. The number of halogens is 1. The normalized spacial score (nSPS) is 10.1. The van der Waals surface area contributed by atoms with Crippen molar-refractivity contribution in [2.24, 2.45) is 5.73 Å². The van der Waals surface area contributed by atoms with Gasteiger partial charge < -0.3 is 15.8 Å². The van der Waals surface area contributed by atoms with Crippen LogP contribution in [0.1, 0.15) is 0 Å². The van der Waals surface area contributed by atoms with Crippen LogP contribution in [0.3, 0.4) is 0 Å². The number of hydrogen-bond acceptors (Lipinski definition) is 5. The number of carbonyl (C=O) groups is 1. The number of rotatable bonds is 6. The highest BCUT2D eigenvalue weighted by atomic mass is 35.5. The zero-order valence-electron chi connectivity index (χ0n) is 8.33. The SMILES string of the molecule is NC(=O)COCCNc1cn[nH]c(=O)c1Cl. The van der Waals surface area contributed by atoms with Crippen LogP contribution in [-0.2, 0) is 9.53 Å². The number of ether oxygens (including phenoxy) is 1. The highest BCUT2D eigenvalue weighted by molar-refractivity contribution is 6.32. The third-order valence-corrected chi connectivity index (χ3v) is 1.98. The third-order valence-electron chi connectivity index (χ3n) is 1.60. The van der Waals surface area contributed by atoms with Crippen molar-refractivity contribution in [3.8, 4) is 0 Å². The lowest BCUT2D eigenvalue weighted by Crippen LogP contribution is -2.21. The Hall–Kier alpha value is -1.60. The molecule has 1 rings (SSSR count). The molecule has 0 saturated heterocycles. The molecule has 0 aliphatic heterocycles. The number of aromatic amines is 1. The van der Waals surface area contributed by atoms with Crippen molar-refractivity contribution in [3.63, 3.8) is 0 Å². The van der Waals surface area contributed by atoms with Crippen LogP contribution in [0, 0.1) is 0 Å². The third kappa shape index (κ3) is 3.87. The first-order chi connectivity index (χ1) is 7.61. The van der Waals surface area contributed by atoms with Crippen molar-refractivity contribution >= 4 is 23.2 Å². The van der Waals surface area contributed by atoms with Gasteiger partial charge in [0.25, 0.3) is 5.56 Å². The Labute approximate surface area is 95.9 Å². The van der Waals surface area contributed by atoms with E-state index in [-0.39, 0.29) is 18.2 Å². The molecule has 0 unspecified atom stereocenters. The quantitative estimate of drug-likeness (QED) is 0.577. The van der Waals surface area contributed by atoms with Gasteiger partial charge in [-0.3, -0.25) is 9.59 Å². The molecule has 4 N–H and O–H groups in total. The molecule has 1 aromatic rings. The fraction of sp³-hybridized carbons (Fsp3) is 0.375. The topological polar surface area (TPSA) is 110 Å². The maximum Gasteiger partial charge on any atom is 0.285 e. The average Bonchev–Trinajstić information content (AvgIpc) is 2.23. The van der Waals surface area contributed by atoms with Crippen LogP contribution in [0.2, 0.25) is 5.02 Å². The minimum Gasteiger partial charge on any atom is -0.380 e. The van der Waals surface area contributed by atoms with Gasteiger partial charge in [-0.2, -0.15) is 5.10 Å². The van der Waals surface area contributed by atoms with Crippen molar-refractivity contribution in [1.82, 2.24) is 10.2 Å². The summed E-state index contributed by atoms with van der Waals surface area (Å²) in [6, 6.07) is 0. The summed E-state index contributed by atoms with van der Waals surface area (Å²) in [5, 5.41) is 8.63. The summed E-state index contributed by atoms with van der Waals surface area (Å²) in [4.78, 5) is 21.4. The summed E-state index contributed by atoms with van der Waals surface area (Å²) in [6.45, 7) is 0.521. The zero-order chi connectivity index (χ0) is 12.0. The van der Waals surface area contributed by atoms with E-state index in [0.717, 1.165) is 0 Å². The van der Waals surface area contributed by atoms with E-state index in [1.807, 2.05) is 0 Å². The molecule has 1 heterocycles. The van der Waals surface area contributed by atoms with Gasteiger partial charge in [0.15, 0.2) is 0 Å². The summed E-state index contributed by atoms with van der Waals surface area (Å²) >= 11 is 5.70. The van der Waals surface area contributed by atoms with Crippen LogP contribution in [0.4, 0.5) is 5.69 Å². The van der Waals surface area contributed by atoms with Gasteiger partial charge in [0.2, 0.25) is 5.91 Å². The van der Waals surface area contributed by atoms with E-state index in [2.05, 4.69) is 15.5 Å². The summed E-state index contributed by atoms with van der Waals surface area (Å²) in [7, 11) is 0. The number of carbonyl (C=O) groups excluding carboxylic acids is 1. The van der Waals surface area contributed by atoms with Crippen LogP contribution < -0.4 is 16.6 Å². The number of amides is 1. The first-order valence-corrected chi connectivity index (χ1v) is 4.82. The van der Waals surface area contributed by atoms with Crippen LogP contribution >= 0.6 is 11.6 Å². The number of H-pyrrole nitrogens is 1. The van der Waals surface area contributed by atoms with Crippen molar-refractivity contribution in [2.75, 3.05) is 25.1 Å². The summed E-state index contributed by atoms with van der Waals surface area (Å²) < 4.78 is 4.90. The molecule has 7 nitrogen and oxygen atoms in total. The Morgan fingerprint density at radius 2 is 2.44 bits per heavy atom. The highest BCUT2D eigenvalue weighted by Gasteiger charge is 2.03. The minimum absolute atomic E-state index is 0.0323. The molecule has 8 heteroatoms. The van der Waals surface area contributed by atoms with Gasteiger partial charge in [-0.25, -0.2) is 5.10 Å². The van der Waals surface area contributed by atoms with Gasteiger partial charge in [-0.1, -0.05) is 11.6 Å². The monoisotopic (exact) mass is 246 g/mol. The van der Waals surface area contributed by atoms with Crippen molar-refractivity contribution in [3.05, 3.63) is 21.6 Å². The van der Waals surface area contributed by atoms with E-state index in [1.54, 1.807) is 0 Å². The summed E-state index contributed by atoms with van der Waals surface area (Å²) in [6.07, 6.45) is 1.39. The second-order valence-corrected chi connectivity index (χ2v) is 3.25. The standard InChI is InChI=1S/C8H11ClN4O3/c9-7-5(3-12-13-8(7)15)11-1-2-16-4-6(10)14/h3H,1-2,4H2,(H2,10,14)(H2,11,13,15). The summed E-state index contributed by atoms with van der Waals surface area (Å²) in [5.41, 5.74) is 4.81. The highest BCUT2D eigenvalue weighted by Crippen LogP contribution is 2.13. The Kier molecular flexibility index (Phi) is 4.74. The lowest BCUT2D eigenvalue weighted by molar-refractivity contribution is -0.122. The molecule has 0 radical (unpaired) electrons. The number of primary amides is 1. The predicted octanol–water partition coefficient (Wildman–Crippen LogP) is -0.663. The Balaban J connectivity index is 2.35. The average molecular weight is 247 g/mol. The molecule has 0 aliphatic rings. The number of anilines is 1. The Morgan fingerprint density at radius 3 is 3.12 bits per heavy atom. The van der Waals surface area contributed by atoms with E-state index in [0.29, 0.717) is 12.2 Å². The second kappa shape index (κ2) is 6.09. The van der Waals surface area contributed by atoms with Crippen LogP contribution in [0.5, 0.6) is 0 Å². The lowest BCUT2D eigenvalue weighted by Gasteiger charge is -2.06. The van der Waals surface area contributed by atoms with Crippen LogP contribution in [0.15, 0.2) is 11.0 Å². The number of hydrogen-bond donors (Lipinski definition) is 3. The van der Waals surface area contributed by atoms with E-state index in [1.165, 1.54) is 6.20 Å². The number of nitrogens with zero attached hydrogens (tertiary/aromatic N) is 1. The van der Waals surface area contributed by atoms with Crippen molar-refractivity contribution in [1.29, 1.82) is 0 Å². The maximum absolute atomic E-state index is 11.0. The van der Waals surface area contributed by atoms with Gasteiger partial charge in [-0.05, 0) is 0 Å². The van der Waals surface area contributed by atoms with Crippen LogP contribution in [0.25, 0.3) is 0 Å². The van der Waals surface area contributed by atoms with Gasteiger partial charge in [-0.15, -0.1) is 0 Å². The number of nitrogens with one attached hydrogen (secondary N) is 2. The molecule has 0 aliphatic carbocycles. The molecule has 1 amide bonds. The fourth-order valence-corrected chi connectivity index (χ4v) is 1.10. The molecule has 16 heavy (non-hydrogen) atoms. The number of aromatic nitrogens is 2. The van der Waals surface area contributed by atoms with E-state index in [4.69, 9.17) is 22.1 Å². The predicted molar refractivity (Wildman–Crippen MR) is 58.4 cm³/mol. The van der Waals surface area contributed by atoms with E-state index < -0.39 is 11.5 Å². The first kappa shape index (κ1) is 12.5. The van der Waals surface area contributed by atoms with Gasteiger partial charge >= 0.3 is 0 Å². The molecule has 0 bridgehead atoms. The molecule has 0 saturated carbocycles. The lowest BCUT2D eigenvalue weighted by atomic mass is 10.4. The van der Waals surface area contributed by atoms with Crippen molar-refractivity contribution < 1.29 is 9.53 Å². The van der Waals surface area contributed by atoms with Crippen LogP contribution in [-0.4, -0.2) is 35.9 Å². The molecule has 0 aromatic carbocycles. The summed E-state index contributed by atoms with van der Waals surface area (Å²) in [5.74, 6) is -0.532. The van der Waals surface area contributed by atoms with Gasteiger partial charge in [0.05, 0.1) is 18.5 Å². The van der Waals surface area contributed by atoms with Crippen molar-refractivity contribution in [2.45, 2.75) is 0 Å². The second-order valence-electron chi connectivity index (χ2n) is 2.87. The number of nitrogens with two attached hydrogens (primary N) is 1. The minimum atomic E-state index is -0.532. The smallest absolute Gasteiger partial charge is 0.285 e. The molecular weight excluding hydrogens is 236 g/mol. The maximum atomic E-state index is 11.0. The first-order valence-electron chi connectivity index (χ1n) is 4.44. The molecular formula is C8H11ClN4O3. The van der Waals surface area contributed by atoms with Gasteiger partial charge in [0.1, 0.15) is 11.6 Å². The molecule has 1 aromatic heterocycles. The Morgan fingerprint density at radius 1 is 1.69 bits per heavy atom. The fourth-order valence-electron chi connectivity index (χ4n) is 0.937. The Bertz CT molecular complexity index is 420. The van der Waals surface area contributed by atoms with E-state index in [9.17, 15) is 9.59 Å². The zero-order valence-corrected chi connectivity index (χ0v) is 9.08. The molecule has 0 atom stereocenters. The molecule has 0 spiro atoms. The molecule has 0 fully saturated rings. The van der Waals surface area contributed by atoms with E-state index >= 15 is 0 Å². The largest absolute Gasteiger partial charge is 0.380 e. The van der Waals surface area contributed by atoms with Gasteiger partial charge in [0, 0.05) is 6.54 Å².